The molecule has 0 aliphatic carbocycles. The zero-order valence-electron chi connectivity index (χ0n) is 17.3. The van der Waals surface area contributed by atoms with Gasteiger partial charge in [-0.2, -0.15) is 5.26 Å². The molecule has 0 N–H and O–H groups in total. The van der Waals surface area contributed by atoms with Crippen molar-refractivity contribution < 1.29 is 18.7 Å². The van der Waals surface area contributed by atoms with Gasteiger partial charge < -0.3 is 9.47 Å². The van der Waals surface area contributed by atoms with E-state index in [2.05, 4.69) is 4.98 Å². The minimum Gasteiger partial charge on any atom is -0.481 e. The van der Waals surface area contributed by atoms with Crippen LogP contribution in [0.4, 0.5) is 9.52 Å². The molecular weight excluding hydrogens is 429 g/mol. The highest BCUT2D eigenvalue weighted by molar-refractivity contribution is 7.22. The number of anilines is 1. The number of para-hydroxylation sites is 1. The summed E-state index contributed by atoms with van der Waals surface area (Å²) in [4.78, 5) is 18.8. The van der Waals surface area contributed by atoms with Gasteiger partial charge in [-0.25, -0.2) is 9.37 Å². The molecule has 0 unspecified atom stereocenters. The Morgan fingerprint density at radius 1 is 1.12 bits per heavy atom. The minimum atomic E-state index is -0.741. The highest BCUT2D eigenvalue weighted by Gasteiger charge is 2.23. The number of nitrogens with zero attached hydrogens (tertiary/aromatic N) is 3. The first kappa shape index (κ1) is 21.3. The van der Waals surface area contributed by atoms with Gasteiger partial charge in [0.25, 0.3) is 5.91 Å². The Morgan fingerprint density at radius 2 is 1.84 bits per heavy atom. The van der Waals surface area contributed by atoms with E-state index >= 15 is 0 Å². The lowest BCUT2D eigenvalue weighted by Crippen LogP contribution is -2.37. The van der Waals surface area contributed by atoms with E-state index in [-0.39, 0.29) is 17.2 Å². The summed E-state index contributed by atoms with van der Waals surface area (Å²) in [5.74, 6) is 0.0203. The van der Waals surface area contributed by atoms with Crippen LogP contribution < -0.4 is 14.4 Å². The Balaban J connectivity index is 1.40. The predicted molar refractivity (Wildman–Crippen MR) is 121 cm³/mol. The minimum absolute atomic E-state index is 0.0127. The van der Waals surface area contributed by atoms with Gasteiger partial charge in [-0.3, -0.25) is 9.69 Å². The smallest absolute Gasteiger partial charge is 0.269 e. The number of ether oxygens (including phenoxy) is 2. The van der Waals surface area contributed by atoms with Gasteiger partial charge in [0.15, 0.2) is 22.8 Å². The van der Waals surface area contributed by atoms with E-state index in [1.165, 1.54) is 28.4 Å². The van der Waals surface area contributed by atoms with Crippen molar-refractivity contribution >= 4 is 32.6 Å². The maximum absolute atomic E-state index is 14.0. The molecule has 0 aliphatic heterocycles. The topological polar surface area (TPSA) is 75.5 Å². The van der Waals surface area contributed by atoms with Crippen LogP contribution in [0.2, 0.25) is 0 Å². The van der Waals surface area contributed by atoms with Gasteiger partial charge in [-0.15, -0.1) is 0 Å². The third kappa shape index (κ3) is 4.53. The van der Waals surface area contributed by atoms with Crippen LogP contribution in [0, 0.1) is 17.1 Å². The molecule has 1 atom stereocenters. The summed E-state index contributed by atoms with van der Waals surface area (Å²) in [7, 11) is 1.67. The quantitative estimate of drug-likeness (QED) is 0.388. The molecule has 0 spiro atoms. The summed E-state index contributed by atoms with van der Waals surface area (Å²) in [5.41, 5.74) is 1.06. The molecule has 6 nitrogen and oxygen atoms in total. The molecule has 3 aromatic carbocycles. The largest absolute Gasteiger partial charge is 0.481 e. The van der Waals surface area contributed by atoms with Gasteiger partial charge in [-0.1, -0.05) is 23.5 Å². The summed E-state index contributed by atoms with van der Waals surface area (Å²) in [6.45, 7) is 1.67. The molecule has 0 bridgehead atoms. The van der Waals surface area contributed by atoms with Crippen LogP contribution in [0.15, 0.2) is 66.7 Å². The zero-order chi connectivity index (χ0) is 22.7. The second-order valence-electron chi connectivity index (χ2n) is 6.95. The van der Waals surface area contributed by atoms with E-state index in [1.807, 2.05) is 30.3 Å². The van der Waals surface area contributed by atoms with Crippen molar-refractivity contribution in [2.24, 2.45) is 0 Å². The van der Waals surface area contributed by atoms with Crippen molar-refractivity contribution in [1.82, 2.24) is 4.98 Å². The Hall–Kier alpha value is -3.96. The van der Waals surface area contributed by atoms with Crippen LogP contribution in [0.1, 0.15) is 12.5 Å². The molecule has 4 rings (SSSR count). The number of nitriles is 1. The molecule has 0 radical (unpaired) electrons. The number of carbonyl (C=O) groups is 1. The predicted octanol–water partition coefficient (Wildman–Crippen LogP) is 5.53. The van der Waals surface area contributed by atoms with Gasteiger partial charge in [-0.05, 0) is 61.5 Å². The van der Waals surface area contributed by atoms with Gasteiger partial charge in [0, 0.05) is 7.05 Å². The molecule has 32 heavy (non-hydrogen) atoms. The molecule has 0 aliphatic rings. The fourth-order valence-corrected chi connectivity index (χ4v) is 3.92. The summed E-state index contributed by atoms with van der Waals surface area (Å²) < 4.78 is 26.3. The van der Waals surface area contributed by atoms with Crippen molar-refractivity contribution in [2.45, 2.75) is 13.0 Å². The molecular formula is C24H18FN3O3S. The number of carbonyl (C=O) groups excluding carboxylic acids is 1. The van der Waals surface area contributed by atoms with Crippen LogP contribution in [-0.4, -0.2) is 24.0 Å². The van der Waals surface area contributed by atoms with Crippen LogP contribution in [0.25, 0.3) is 10.2 Å². The van der Waals surface area contributed by atoms with E-state index in [9.17, 15) is 9.18 Å². The summed E-state index contributed by atoms with van der Waals surface area (Å²) in [6.07, 6.45) is -0.741. The molecule has 1 amide bonds. The summed E-state index contributed by atoms with van der Waals surface area (Å²) >= 11 is 1.44. The lowest BCUT2D eigenvalue weighted by atomic mass is 10.2. The van der Waals surface area contributed by atoms with Crippen molar-refractivity contribution in [3.05, 3.63) is 78.1 Å². The zero-order valence-corrected chi connectivity index (χ0v) is 18.1. The lowest BCUT2D eigenvalue weighted by molar-refractivity contribution is -0.124. The number of fused-ring (bicyclic) bond motifs is 1. The van der Waals surface area contributed by atoms with Gasteiger partial charge in [0.1, 0.15) is 11.5 Å². The van der Waals surface area contributed by atoms with Crippen LogP contribution in [0.5, 0.6) is 17.2 Å². The van der Waals surface area contributed by atoms with Gasteiger partial charge in [0.2, 0.25) is 0 Å². The first-order chi connectivity index (χ1) is 15.4. The number of aromatic nitrogens is 1. The monoisotopic (exact) mass is 447 g/mol. The molecule has 160 valence electrons. The number of likely N-dealkylation sites (N-methyl/N-ethyl adjacent to an activating group) is 1. The highest BCUT2D eigenvalue weighted by Crippen LogP contribution is 2.29. The Morgan fingerprint density at radius 3 is 2.53 bits per heavy atom. The fraction of sp³-hybridized carbons (Fsp3) is 0.125. The highest BCUT2D eigenvalue weighted by atomic mass is 32.1. The van der Waals surface area contributed by atoms with Crippen LogP contribution in [-0.2, 0) is 4.79 Å². The lowest BCUT2D eigenvalue weighted by Gasteiger charge is -2.20. The molecule has 1 aromatic heterocycles. The van der Waals surface area contributed by atoms with Crippen LogP contribution >= 0.6 is 11.3 Å². The number of thiazole rings is 1. The van der Waals surface area contributed by atoms with Crippen LogP contribution in [0.3, 0.4) is 0 Å². The SMILES string of the molecule is C[C@@H](Oc1ccc(Oc2ccc(C#N)cc2F)cc1)C(=O)N(C)c1nc2ccccc2s1. The number of benzene rings is 3. The van der Waals surface area contributed by atoms with E-state index < -0.39 is 11.9 Å². The number of halogens is 1. The number of rotatable bonds is 6. The van der Waals surface area contributed by atoms with Gasteiger partial charge >= 0.3 is 0 Å². The normalized spacial score (nSPS) is 11.6. The number of hydrogen-bond acceptors (Lipinski definition) is 6. The second-order valence-corrected chi connectivity index (χ2v) is 7.96. The standard InChI is InChI=1S/C24H18FN3O3S/c1-15(23(29)28(2)24-27-20-5-3-4-6-22(20)32-24)30-17-8-10-18(11-9-17)31-21-12-7-16(14-26)13-19(21)25/h3-13,15H,1-2H3/t15-/m1/s1. The van der Waals surface area contributed by atoms with E-state index in [4.69, 9.17) is 14.7 Å². The molecule has 0 fully saturated rings. The summed E-state index contributed by atoms with van der Waals surface area (Å²) in [5, 5.41) is 9.41. The third-order valence-corrected chi connectivity index (χ3v) is 5.79. The first-order valence-electron chi connectivity index (χ1n) is 9.72. The molecule has 1 heterocycles. The fourth-order valence-electron chi connectivity index (χ4n) is 2.99. The maximum Gasteiger partial charge on any atom is 0.269 e. The van der Waals surface area contributed by atoms with E-state index in [0.717, 1.165) is 16.3 Å². The van der Waals surface area contributed by atoms with Gasteiger partial charge in [0.05, 0.1) is 21.8 Å². The average molecular weight is 447 g/mol. The summed E-state index contributed by atoms with van der Waals surface area (Å²) in [6, 6.07) is 20.1. The second kappa shape index (κ2) is 9.04. The van der Waals surface area contributed by atoms with Crippen molar-refractivity contribution in [2.75, 3.05) is 11.9 Å². The number of hydrogen-bond donors (Lipinski definition) is 0. The Bertz CT molecular complexity index is 1280. The number of amides is 1. The Kier molecular flexibility index (Phi) is 6.01. The van der Waals surface area contributed by atoms with E-state index in [1.54, 1.807) is 38.2 Å². The van der Waals surface area contributed by atoms with Crippen molar-refractivity contribution in [3.63, 3.8) is 0 Å². The van der Waals surface area contributed by atoms with Crippen molar-refractivity contribution in [3.8, 4) is 23.3 Å². The van der Waals surface area contributed by atoms with Crippen molar-refractivity contribution in [1.29, 1.82) is 5.26 Å². The molecule has 8 heteroatoms. The third-order valence-electron chi connectivity index (χ3n) is 4.67. The average Bonchev–Trinajstić information content (AvgIpc) is 3.25. The Labute approximate surface area is 188 Å². The molecule has 0 saturated carbocycles. The maximum atomic E-state index is 14.0. The molecule has 4 aromatic rings. The molecule has 0 saturated heterocycles. The first-order valence-corrected chi connectivity index (χ1v) is 10.5. The van der Waals surface area contributed by atoms with E-state index in [0.29, 0.717) is 16.6 Å².